The minimum absolute atomic E-state index is 0.0297. The number of carbonyl (C=O) groups excluding carboxylic acids is 2. The molecule has 2 N–H and O–H groups in total. The highest BCUT2D eigenvalue weighted by molar-refractivity contribution is 6.30. The number of hydrogen-bond acceptors (Lipinski definition) is 4. The molecule has 1 heterocycles. The van der Waals surface area contributed by atoms with Crippen LogP contribution in [0.3, 0.4) is 0 Å². The Labute approximate surface area is 155 Å². The number of esters is 1. The molecule has 1 aromatic heterocycles. The lowest BCUT2D eigenvalue weighted by atomic mass is 10.1. The van der Waals surface area contributed by atoms with Crippen molar-refractivity contribution in [3.8, 4) is 16.9 Å². The molecule has 0 saturated heterocycles. The SMILES string of the molecule is NC(=O)COC(=O)Cc1cn(-c2ccccc2)nc1-c1ccc(Cl)cc1. The summed E-state index contributed by atoms with van der Waals surface area (Å²) in [7, 11) is 0. The molecule has 2 aromatic carbocycles. The van der Waals surface area contributed by atoms with Crippen molar-refractivity contribution >= 4 is 23.5 Å². The van der Waals surface area contributed by atoms with Gasteiger partial charge >= 0.3 is 5.97 Å². The number of rotatable bonds is 6. The van der Waals surface area contributed by atoms with Crippen LogP contribution in [-0.2, 0) is 20.7 Å². The lowest BCUT2D eigenvalue weighted by molar-refractivity contribution is -0.147. The number of nitrogens with zero attached hydrogens (tertiary/aromatic N) is 2. The summed E-state index contributed by atoms with van der Waals surface area (Å²) >= 11 is 5.95. The zero-order valence-electron chi connectivity index (χ0n) is 13.8. The van der Waals surface area contributed by atoms with E-state index in [1.54, 1.807) is 23.0 Å². The van der Waals surface area contributed by atoms with Crippen molar-refractivity contribution < 1.29 is 14.3 Å². The molecule has 26 heavy (non-hydrogen) atoms. The van der Waals surface area contributed by atoms with Crippen molar-refractivity contribution in [2.75, 3.05) is 6.61 Å². The zero-order valence-corrected chi connectivity index (χ0v) is 14.5. The number of amides is 1. The number of halogens is 1. The minimum atomic E-state index is -0.698. The van der Waals surface area contributed by atoms with E-state index in [0.717, 1.165) is 11.3 Å². The lowest BCUT2D eigenvalue weighted by Gasteiger charge is -2.03. The van der Waals surface area contributed by atoms with E-state index in [1.165, 1.54) is 0 Å². The quantitative estimate of drug-likeness (QED) is 0.677. The second-order valence-corrected chi connectivity index (χ2v) is 6.03. The molecule has 0 unspecified atom stereocenters. The molecule has 0 atom stereocenters. The van der Waals surface area contributed by atoms with Crippen LogP contribution < -0.4 is 5.73 Å². The van der Waals surface area contributed by atoms with Crippen LogP contribution in [0.4, 0.5) is 0 Å². The molecule has 6 nitrogen and oxygen atoms in total. The maximum Gasteiger partial charge on any atom is 0.310 e. The van der Waals surface area contributed by atoms with E-state index in [2.05, 4.69) is 5.10 Å². The highest BCUT2D eigenvalue weighted by Crippen LogP contribution is 2.25. The van der Waals surface area contributed by atoms with Crippen LogP contribution in [0.2, 0.25) is 5.02 Å². The second kappa shape index (κ2) is 7.84. The Morgan fingerprint density at radius 3 is 2.42 bits per heavy atom. The Balaban J connectivity index is 1.95. The third kappa shape index (κ3) is 4.29. The summed E-state index contributed by atoms with van der Waals surface area (Å²) in [6, 6.07) is 16.7. The van der Waals surface area contributed by atoms with E-state index in [-0.39, 0.29) is 6.42 Å². The lowest BCUT2D eigenvalue weighted by Crippen LogP contribution is -2.21. The van der Waals surface area contributed by atoms with E-state index in [9.17, 15) is 9.59 Å². The van der Waals surface area contributed by atoms with Gasteiger partial charge in [0.25, 0.3) is 5.91 Å². The Morgan fingerprint density at radius 2 is 1.77 bits per heavy atom. The van der Waals surface area contributed by atoms with Crippen molar-refractivity contribution in [3.63, 3.8) is 0 Å². The van der Waals surface area contributed by atoms with Crippen LogP contribution in [0.5, 0.6) is 0 Å². The number of benzene rings is 2. The van der Waals surface area contributed by atoms with Crippen LogP contribution in [0.1, 0.15) is 5.56 Å². The molecule has 0 bridgehead atoms. The first-order valence-electron chi connectivity index (χ1n) is 7.87. The van der Waals surface area contributed by atoms with Gasteiger partial charge in [0, 0.05) is 22.3 Å². The topological polar surface area (TPSA) is 87.2 Å². The van der Waals surface area contributed by atoms with Gasteiger partial charge in [-0.1, -0.05) is 41.9 Å². The highest BCUT2D eigenvalue weighted by atomic mass is 35.5. The molecule has 0 spiro atoms. The molecule has 0 fully saturated rings. The number of primary amides is 1. The predicted octanol–water partition coefficient (Wildman–Crippen LogP) is 2.76. The molecular formula is C19H16ClN3O3. The Hall–Kier alpha value is -3.12. The maximum absolute atomic E-state index is 12.0. The molecule has 3 aromatic rings. The molecule has 0 aliphatic rings. The van der Waals surface area contributed by atoms with Crippen molar-refractivity contribution in [2.45, 2.75) is 6.42 Å². The smallest absolute Gasteiger partial charge is 0.310 e. The normalized spacial score (nSPS) is 10.5. The molecule has 0 radical (unpaired) electrons. The number of carbonyl (C=O) groups is 2. The van der Waals surface area contributed by atoms with Gasteiger partial charge in [-0.15, -0.1) is 0 Å². The fraction of sp³-hybridized carbons (Fsp3) is 0.105. The zero-order chi connectivity index (χ0) is 18.5. The summed E-state index contributed by atoms with van der Waals surface area (Å²) in [5.74, 6) is -1.25. The van der Waals surface area contributed by atoms with Gasteiger partial charge in [-0.2, -0.15) is 5.10 Å². The van der Waals surface area contributed by atoms with Gasteiger partial charge < -0.3 is 10.5 Å². The summed E-state index contributed by atoms with van der Waals surface area (Å²) < 4.78 is 6.56. The Morgan fingerprint density at radius 1 is 1.08 bits per heavy atom. The molecule has 1 amide bonds. The molecule has 132 valence electrons. The highest BCUT2D eigenvalue weighted by Gasteiger charge is 2.16. The van der Waals surface area contributed by atoms with Crippen molar-refractivity contribution in [1.29, 1.82) is 0 Å². The van der Waals surface area contributed by atoms with Gasteiger partial charge in [-0.05, 0) is 24.3 Å². The van der Waals surface area contributed by atoms with Gasteiger partial charge in [-0.3, -0.25) is 9.59 Å². The van der Waals surface area contributed by atoms with Gasteiger partial charge in [0.05, 0.1) is 17.8 Å². The summed E-state index contributed by atoms with van der Waals surface area (Å²) in [5.41, 5.74) is 8.00. The molecule has 3 rings (SSSR count). The van der Waals surface area contributed by atoms with Crippen molar-refractivity contribution in [2.24, 2.45) is 5.73 Å². The second-order valence-electron chi connectivity index (χ2n) is 5.59. The maximum atomic E-state index is 12.0. The van der Waals surface area contributed by atoms with Crippen LogP contribution in [0, 0.1) is 0 Å². The summed E-state index contributed by atoms with van der Waals surface area (Å²) in [5, 5.41) is 5.21. The average molecular weight is 370 g/mol. The Bertz CT molecular complexity index is 921. The number of nitrogens with two attached hydrogens (primary N) is 1. The fourth-order valence-electron chi connectivity index (χ4n) is 2.46. The van der Waals surface area contributed by atoms with Crippen LogP contribution in [0.25, 0.3) is 16.9 Å². The van der Waals surface area contributed by atoms with Crippen molar-refractivity contribution in [3.05, 3.63) is 71.4 Å². The van der Waals surface area contributed by atoms with Gasteiger partial charge in [-0.25, -0.2) is 4.68 Å². The molecule has 0 aliphatic carbocycles. The summed E-state index contributed by atoms with van der Waals surface area (Å²) in [6.45, 7) is -0.443. The number of aromatic nitrogens is 2. The number of ether oxygens (including phenoxy) is 1. The van der Waals surface area contributed by atoms with Gasteiger partial charge in [0.1, 0.15) is 0 Å². The van der Waals surface area contributed by atoms with Gasteiger partial charge in [0.2, 0.25) is 0 Å². The first-order valence-corrected chi connectivity index (χ1v) is 8.24. The molecule has 0 aliphatic heterocycles. The van der Waals surface area contributed by atoms with Gasteiger partial charge in [0.15, 0.2) is 6.61 Å². The van der Waals surface area contributed by atoms with Crippen molar-refractivity contribution in [1.82, 2.24) is 9.78 Å². The molecular weight excluding hydrogens is 354 g/mol. The average Bonchev–Trinajstić information content (AvgIpc) is 3.05. The molecule has 0 saturated carbocycles. The van der Waals surface area contributed by atoms with Crippen LogP contribution in [0.15, 0.2) is 60.8 Å². The standard InChI is InChI=1S/C19H16ClN3O3/c20-15-8-6-13(7-9-15)19-14(10-18(25)26-12-17(21)24)11-23(22-19)16-4-2-1-3-5-16/h1-9,11H,10,12H2,(H2,21,24). The van der Waals surface area contributed by atoms with E-state index >= 15 is 0 Å². The van der Waals surface area contributed by atoms with E-state index in [0.29, 0.717) is 16.3 Å². The number of hydrogen-bond donors (Lipinski definition) is 1. The third-order valence-corrected chi connectivity index (χ3v) is 3.89. The van der Waals surface area contributed by atoms with Crippen LogP contribution in [-0.4, -0.2) is 28.3 Å². The summed E-state index contributed by atoms with van der Waals surface area (Å²) in [6.07, 6.45) is 1.74. The minimum Gasteiger partial charge on any atom is -0.455 e. The van der Waals surface area contributed by atoms with Crippen LogP contribution >= 0.6 is 11.6 Å². The van der Waals surface area contributed by atoms with E-state index in [4.69, 9.17) is 22.1 Å². The Kier molecular flexibility index (Phi) is 5.34. The van der Waals surface area contributed by atoms with E-state index < -0.39 is 18.5 Å². The predicted molar refractivity (Wildman–Crippen MR) is 97.9 cm³/mol. The first-order chi connectivity index (χ1) is 12.5. The van der Waals surface area contributed by atoms with E-state index in [1.807, 2.05) is 42.5 Å². The largest absolute Gasteiger partial charge is 0.455 e. The fourth-order valence-corrected chi connectivity index (χ4v) is 2.59. The third-order valence-electron chi connectivity index (χ3n) is 3.64. The monoisotopic (exact) mass is 369 g/mol. The number of para-hydroxylation sites is 1. The molecule has 7 heteroatoms. The summed E-state index contributed by atoms with van der Waals surface area (Å²) in [4.78, 5) is 22.8. The first kappa shape index (κ1) is 17.7.